The lowest BCUT2D eigenvalue weighted by Crippen LogP contribution is -2.44. The Hall–Kier alpha value is -0.930. The van der Waals surface area contributed by atoms with Gasteiger partial charge < -0.3 is 11.1 Å². The Kier molecular flexibility index (Phi) is 3.03. The van der Waals surface area contributed by atoms with Gasteiger partial charge in [-0.1, -0.05) is 12.1 Å². The fourth-order valence-corrected chi connectivity index (χ4v) is 2.14. The lowest BCUT2D eigenvalue weighted by Gasteiger charge is -2.29. The Bertz CT molecular complexity index is 351. The second-order valence-corrected chi connectivity index (χ2v) is 4.27. The number of halogens is 1. The molecule has 0 aromatic heterocycles. The average Bonchev–Trinajstić information content (AvgIpc) is 2.23. The number of aryl methyl sites for hydroxylation is 1. The van der Waals surface area contributed by atoms with Crippen LogP contribution in [0.3, 0.4) is 0 Å². The molecule has 2 nitrogen and oxygen atoms in total. The third kappa shape index (κ3) is 2.19. The van der Waals surface area contributed by atoms with Crippen LogP contribution in [0, 0.1) is 12.7 Å². The molecule has 0 radical (unpaired) electrons. The van der Waals surface area contributed by atoms with Crippen LogP contribution in [-0.4, -0.2) is 19.1 Å². The third-order valence-electron chi connectivity index (χ3n) is 3.15. The SMILES string of the molecule is Cc1ccc(C2CCNCC2N)cc1F. The van der Waals surface area contributed by atoms with Crippen LogP contribution in [-0.2, 0) is 0 Å². The first-order chi connectivity index (χ1) is 7.18. The summed E-state index contributed by atoms with van der Waals surface area (Å²) in [4.78, 5) is 0. The quantitative estimate of drug-likeness (QED) is 0.734. The summed E-state index contributed by atoms with van der Waals surface area (Å²) in [5.41, 5.74) is 7.74. The molecular formula is C12H17FN2. The van der Waals surface area contributed by atoms with Crippen molar-refractivity contribution in [1.82, 2.24) is 5.32 Å². The van der Waals surface area contributed by atoms with E-state index in [1.54, 1.807) is 13.0 Å². The van der Waals surface area contributed by atoms with Gasteiger partial charge in [0.1, 0.15) is 5.82 Å². The number of hydrogen-bond donors (Lipinski definition) is 2. The zero-order valence-electron chi connectivity index (χ0n) is 8.96. The van der Waals surface area contributed by atoms with E-state index in [1.165, 1.54) is 0 Å². The van der Waals surface area contributed by atoms with Gasteiger partial charge in [0.2, 0.25) is 0 Å². The molecule has 1 heterocycles. The Labute approximate surface area is 89.7 Å². The second-order valence-electron chi connectivity index (χ2n) is 4.27. The fraction of sp³-hybridized carbons (Fsp3) is 0.500. The van der Waals surface area contributed by atoms with Gasteiger partial charge in [0.05, 0.1) is 0 Å². The molecule has 1 aliphatic rings. The van der Waals surface area contributed by atoms with E-state index in [1.807, 2.05) is 12.1 Å². The normalized spacial score (nSPS) is 26.6. The lowest BCUT2D eigenvalue weighted by molar-refractivity contribution is 0.402. The molecule has 1 saturated heterocycles. The van der Waals surface area contributed by atoms with Crippen LogP contribution in [0.15, 0.2) is 18.2 Å². The van der Waals surface area contributed by atoms with Gasteiger partial charge in [0.25, 0.3) is 0 Å². The standard InChI is InChI=1S/C12H17FN2/c1-8-2-3-9(6-11(8)13)10-4-5-15-7-12(10)14/h2-3,6,10,12,15H,4-5,7,14H2,1H3. The van der Waals surface area contributed by atoms with Gasteiger partial charge in [-0.3, -0.25) is 0 Å². The van der Waals surface area contributed by atoms with Gasteiger partial charge in [0, 0.05) is 18.5 Å². The molecule has 0 aliphatic carbocycles. The molecule has 3 heteroatoms. The Morgan fingerprint density at radius 2 is 2.27 bits per heavy atom. The van der Waals surface area contributed by atoms with Crippen LogP contribution in [0.4, 0.5) is 4.39 Å². The van der Waals surface area contributed by atoms with Gasteiger partial charge in [0.15, 0.2) is 0 Å². The molecule has 1 aromatic rings. The molecule has 3 N–H and O–H groups in total. The third-order valence-corrected chi connectivity index (χ3v) is 3.15. The van der Waals surface area contributed by atoms with E-state index < -0.39 is 0 Å². The summed E-state index contributed by atoms with van der Waals surface area (Å²) in [7, 11) is 0. The summed E-state index contributed by atoms with van der Waals surface area (Å²) < 4.78 is 13.4. The maximum Gasteiger partial charge on any atom is 0.126 e. The summed E-state index contributed by atoms with van der Waals surface area (Å²) >= 11 is 0. The molecular weight excluding hydrogens is 191 g/mol. The predicted octanol–water partition coefficient (Wildman–Crippen LogP) is 1.54. The van der Waals surface area contributed by atoms with Crippen LogP contribution < -0.4 is 11.1 Å². The maximum atomic E-state index is 13.4. The minimum absolute atomic E-state index is 0.0980. The van der Waals surface area contributed by atoms with Gasteiger partial charge in [-0.15, -0.1) is 0 Å². The Balaban J connectivity index is 2.24. The molecule has 0 spiro atoms. The van der Waals surface area contributed by atoms with Crippen molar-refractivity contribution in [2.45, 2.75) is 25.3 Å². The van der Waals surface area contributed by atoms with Crippen molar-refractivity contribution in [3.8, 4) is 0 Å². The van der Waals surface area contributed by atoms with Crippen LogP contribution in [0.2, 0.25) is 0 Å². The zero-order valence-corrected chi connectivity index (χ0v) is 8.96. The van der Waals surface area contributed by atoms with Crippen molar-refractivity contribution in [2.75, 3.05) is 13.1 Å². The van der Waals surface area contributed by atoms with Crippen molar-refractivity contribution >= 4 is 0 Å². The molecule has 2 atom stereocenters. The van der Waals surface area contributed by atoms with E-state index in [2.05, 4.69) is 5.32 Å². The highest BCUT2D eigenvalue weighted by Crippen LogP contribution is 2.25. The van der Waals surface area contributed by atoms with Gasteiger partial charge in [-0.05, 0) is 37.1 Å². The first-order valence-corrected chi connectivity index (χ1v) is 5.41. The minimum atomic E-state index is -0.127. The minimum Gasteiger partial charge on any atom is -0.326 e. The number of hydrogen-bond acceptors (Lipinski definition) is 2. The van der Waals surface area contributed by atoms with Crippen LogP contribution in [0.5, 0.6) is 0 Å². The molecule has 0 saturated carbocycles. The molecule has 0 amide bonds. The van der Waals surface area contributed by atoms with Crippen molar-refractivity contribution in [1.29, 1.82) is 0 Å². The van der Waals surface area contributed by atoms with Crippen molar-refractivity contribution < 1.29 is 4.39 Å². The molecule has 1 aromatic carbocycles. The fourth-order valence-electron chi connectivity index (χ4n) is 2.14. The number of nitrogens with one attached hydrogen (secondary N) is 1. The highest BCUT2D eigenvalue weighted by molar-refractivity contribution is 5.27. The summed E-state index contributed by atoms with van der Waals surface area (Å²) in [5.74, 6) is 0.166. The van der Waals surface area contributed by atoms with Crippen molar-refractivity contribution in [3.05, 3.63) is 35.1 Å². The summed E-state index contributed by atoms with van der Waals surface area (Å²) in [5, 5.41) is 3.24. The molecule has 15 heavy (non-hydrogen) atoms. The molecule has 2 unspecified atom stereocenters. The van der Waals surface area contributed by atoms with Crippen LogP contribution >= 0.6 is 0 Å². The number of benzene rings is 1. The molecule has 82 valence electrons. The monoisotopic (exact) mass is 208 g/mol. The first kappa shape index (κ1) is 10.6. The highest BCUT2D eigenvalue weighted by Gasteiger charge is 2.23. The van der Waals surface area contributed by atoms with E-state index in [0.29, 0.717) is 11.5 Å². The number of nitrogens with two attached hydrogens (primary N) is 1. The van der Waals surface area contributed by atoms with E-state index in [-0.39, 0.29) is 11.9 Å². The van der Waals surface area contributed by atoms with Gasteiger partial charge >= 0.3 is 0 Å². The molecule has 1 aliphatic heterocycles. The smallest absolute Gasteiger partial charge is 0.126 e. The Morgan fingerprint density at radius 1 is 1.47 bits per heavy atom. The maximum absolute atomic E-state index is 13.4. The molecule has 0 bridgehead atoms. The molecule has 1 fully saturated rings. The Morgan fingerprint density at radius 3 is 2.93 bits per heavy atom. The van der Waals surface area contributed by atoms with E-state index >= 15 is 0 Å². The van der Waals surface area contributed by atoms with Crippen LogP contribution in [0.1, 0.15) is 23.5 Å². The van der Waals surface area contributed by atoms with E-state index in [0.717, 1.165) is 25.1 Å². The lowest BCUT2D eigenvalue weighted by atomic mass is 9.86. The summed E-state index contributed by atoms with van der Waals surface area (Å²) in [6.45, 7) is 3.56. The average molecular weight is 208 g/mol. The van der Waals surface area contributed by atoms with Crippen LogP contribution in [0.25, 0.3) is 0 Å². The van der Waals surface area contributed by atoms with Crippen molar-refractivity contribution in [3.63, 3.8) is 0 Å². The summed E-state index contributed by atoms with van der Waals surface area (Å²) in [6.07, 6.45) is 0.990. The number of piperidine rings is 1. The topological polar surface area (TPSA) is 38.0 Å². The first-order valence-electron chi connectivity index (χ1n) is 5.41. The zero-order chi connectivity index (χ0) is 10.8. The predicted molar refractivity (Wildman–Crippen MR) is 59.3 cm³/mol. The van der Waals surface area contributed by atoms with E-state index in [4.69, 9.17) is 5.73 Å². The van der Waals surface area contributed by atoms with E-state index in [9.17, 15) is 4.39 Å². The summed E-state index contributed by atoms with van der Waals surface area (Å²) in [6, 6.07) is 5.56. The molecule has 2 rings (SSSR count). The number of rotatable bonds is 1. The van der Waals surface area contributed by atoms with Gasteiger partial charge in [-0.2, -0.15) is 0 Å². The largest absolute Gasteiger partial charge is 0.326 e. The second kappa shape index (κ2) is 4.29. The highest BCUT2D eigenvalue weighted by atomic mass is 19.1. The van der Waals surface area contributed by atoms with Crippen molar-refractivity contribution in [2.24, 2.45) is 5.73 Å². The van der Waals surface area contributed by atoms with Gasteiger partial charge in [-0.25, -0.2) is 4.39 Å².